The first-order chi connectivity index (χ1) is 7.22. The predicted octanol–water partition coefficient (Wildman–Crippen LogP) is 1.23. The van der Waals surface area contributed by atoms with Crippen molar-refractivity contribution in [2.24, 2.45) is 11.7 Å². The van der Waals surface area contributed by atoms with Gasteiger partial charge in [0.1, 0.15) is 0 Å². The number of methoxy groups -OCH3 is 1. The first-order valence-electron chi connectivity index (χ1n) is 6.22. The molecule has 2 aliphatic rings. The van der Waals surface area contributed by atoms with Crippen LogP contribution in [0.25, 0.3) is 0 Å². The summed E-state index contributed by atoms with van der Waals surface area (Å²) in [5.74, 6) is 0.729. The Morgan fingerprint density at radius 1 is 1.40 bits per heavy atom. The van der Waals surface area contributed by atoms with Gasteiger partial charge in [0.15, 0.2) is 0 Å². The highest BCUT2D eigenvalue weighted by Crippen LogP contribution is 2.31. The van der Waals surface area contributed by atoms with E-state index in [1.807, 2.05) is 0 Å². The van der Waals surface area contributed by atoms with Gasteiger partial charge in [0.05, 0.1) is 6.61 Å². The zero-order chi connectivity index (χ0) is 10.7. The summed E-state index contributed by atoms with van der Waals surface area (Å²) in [7, 11) is 1.80. The first kappa shape index (κ1) is 11.4. The van der Waals surface area contributed by atoms with Crippen LogP contribution in [0.15, 0.2) is 0 Å². The van der Waals surface area contributed by atoms with Crippen molar-refractivity contribution in [2.45, 2.75) is 37.6 Å². The Balaban J connectivity index is 1.77. The first-order valence-corrected chi connectivity index (χ1v) is 6.22. The molecule has 0 aromatic carbocycles. The number of hydrogen-bond acceptors (Lipinski definition) is 3. The molecule has 1 unspecified atom stereocenters. The predicted molar refractivity (Wildman–Crippen MR) is 61.8 cm³/mol. The average molecular weight is 212 g/mol. The lowest BCUT2D eigenvalue weighted by Crippen LogP contribution is -2.56. The molecule has 15 heavy (non-hydrogen) atoms. The molecule has 1 aliphatic heterocycles. The Bertz CT molecular complexity index is 202. The molecule has 0 amide bonds. The van der Waals surface area contributed by atoms with Crippen molar-refractivity contribution in [3.8, 4) is 0 Å². The quantitative estimate of drug-likeness (QED) is 0.761. The summed E-state index contributed by atoms with van der Waals surface area (Å²) in [6, 6.07) is 0. The summed E-state index contributed by atoms with van der Waals surface area (Å²) in [6.07, 6.45) is 6.40. The molecule has 2 fully saturated rings. The van der Waals surface area contributed by atoms with Crippen LogP contribution in [-0.2, 0) is 4.74 Å². The van der Waals surface area contributed by atoms with Gasteiger partial charge in [-0.1, -0.05) is 0 Å². The van der Waals surface area contributed by atoms with E-state index in [-0.39, 0.29) is 5.54 Å². The number of ether oxygens (including phenoxy) is 1. The normalized spacial score (nSPS) is 31.2. The number of rotatable bonds is 4. The second-order valence-corrected chi connectivity index (χ2v) is 5.41. The lowest BCUT2D eigenvalue weighted by molar-refractivity contribution is 0.0646. The Hall–Kier alpha value is -0.120. The highest BCUT2D eigenvalue weighted by atomic mass is 16.5. The van der Waals surface area contributed by atoms with Gasteiger partial charge in [-0.05, 0) is 44.6 Å². The summed E-state index contributed by atoms with van der Waals surface area (Å²) in [4.78, 5) is 2.55. The van der Waals surface area contributed by atoms with Crippen LogP contribution >= 0.6 is 0 Å². The monoisotopic (exact) mass is 212 g/mol. The van der Waals surface area contributed by atoms with Gasteiger partial charge in [-0.3, -0.25) is 0 Å². The summed E-state index contributed by atoms with van der Waals surface area (Å²) in [6.45, 7) is 4.44. The van der Waals surface area contributed by atoms with Gasteiger partial charge in [-0.2, -0.15) is 0 Å². The van der Waals surface area contributed by atoms with E-state index in [9.17, 15) is 0 Å². The van der Waals surface area contributed by atoms with E-state index in [4.69, 9.17) is 10.5 Å². The molecule has 1 saturated carbocycles. The molecule has 1 saturated heterocycles. The van der Waals surface area contributed by atoms with Crippen molar-refractivity contribution in [3.63, 3.8) is 0 Å². The number of likely N-dealkylation sites (tertiary alicyclic amines) is 1. The average Bonchev–Trinajstić information content (AvgIpc) is 2.16. The molecule has 3 nitrogen and oxygen atoms in total. The molecular formula is C12H24N2O. The SMILES string of the molecule is COCC1CCCN(CC2(N)CCC2)C1. The zero-order valence-electron chi connectivity index (χ0n) is 9.87. The van der Waals surface area contributed by atoms with Crippen LogP contribution < -0.4 is 5.73 Å². The van der Waals surface area contributed by atoms with Crippen molar-refractivity contribution >= 4 is 0 Å². The van der Waals surface area contributed by atoms with E-state index in [0.717, 1.165) is 19.1 Å². The number of hydrogen-bond donors (Lipinski definition) is 1. The third-order valence-electron chi connectivity index (χ3n) is 3.89. The molecule has 0 radical (unpaired) electrons. The smallest absolute Gasteiger partial charge is 0.0502 e. The number of piperidine rings is 1. The highest BCUT2D eigenvalue weighted by Gasteiger charge is 2.35. The number of nitrogens with zero attached hydrogens (tertiary/aromatic N) is 1. The Kier molecular flexibility index (Phi) is 3.65. The molecule has 0 aromatic rings. The van der Waals surface area contributed by atoms with Crippen molar-refractivity contribution in [1.82, 2.24) is 4.90 Å². The van der Waals surface area contributed by atoms with Crippen LogP contribution in [0.5, 0.6) is 0 Å². The van der Waals surface area contributed by atoms with Crippen LogP contribution in [0.1, 0.15) is 32.1 Å². The Morgan fingerprint density at radius 2 is 2.20 bits per heavy atom. The summed E-state index contributed by atoms with van der Waals surface area (Å²) in [5.41, 5.74) is 6.43. The fourth-order valence-electron chi connectivity index (χ4n) is 2.90. The van der Waals surface area contributed by atoms with Gasteiger partial charge in [0.2, 0.25) is 0 Å². The molecule has 1 aliphatic carbocycles. The van der Waals surface area contributed by atoms with Crippen LogP contribution in [-0.4, -0.2) is 43.8 Å². The maximum atomic E-state index is 6.28. The molecule has 0 aromatic heterocycles. The fraction of sp³-hybridized carbons (Fsp3) is 1.00. The van der Waals surface area contributed by atoms with E-state index < -0.39 is 0 Å². The van der Waals surface area contributed by atoms with Crippen molar-refractivity contribution < 1.29 is 4.74 Å². The second-order valence-electron chi connectivity index (χ2n) is 5.41. The molecule has 3 heteroatoms. The van der Waals surface area contributed by atoms with Gasteiger partial charge in [-0.25, -0.2) is 0 Å². The number of nitrogens with two attached hydrogens (primary N) is 1. The summed E-state index contributed by atoms with van der Waals surface area (Å²) < 4.78 is 5.24. The van der Waals surface area contributed by atoms with E-state index in [0.29, 0.717) is 0 Å². The minimum Gasteiger partial charge on any atom is -0.384 e. The highest BCUT2D eigenvalue weighted by molar-refractivity contribution is 4.95. The van der Waals surface area contributed by atoms with E-state index in [1.165, 1.54) is 45.2 Å². The van der Waals surface area contributed by atoms with Gasteiger partial charge < -0.3 is 15.4 Å². The molecule has 2 N–H and O–H groups in total. The Morgan fingerprint density at radius 3 is 2.80 bits per heavy atom. The Labute approximate surface area is 93.0 Å². The van der Waals surface area contributed by atoms with Gasteiger partial charge in [-0.15, -0.1) is 0 Å². The van der Waals surface area contributed by atoms with Crippen molar-refractivity contribution in [2.75, 3.05) is 33.4 Å². The maximum Gasteiger partial charge on any atom is 0.0502 e. The van der Waals surface area contributed by atoms with E-state index >= 15 is 0 Å². The van der Waals surface area contributed by atoms with Crippen LogP contribution in [0.3, 0.4) is 0 Å². The lowest BCUT2D eigenvalue weighted by Gasteiger charge is -2.44. The fourth-order valence-corrected chi connectivity index (χ4v) is 2.90. The zero-order valence-corrected chi connectivity index (χ0v) is 9.87. The molecule has 88 valence electrons. The van der Waals surface area contributed by atoms with Crippen LogP contribution in [0.4, 0.5) is 0 Å². The molecule has 1 atom stereocenters. The van der Waals surface area contributed by atoms with Crippen LogP contribution in [0.2, 0.25) is 0 Å². The van der Waals surface area contributed by atoms with E-state index in [1.54, 1.807) is 7.11 Å². The van der Waals surface area contributed by atoms with Gasteiger partial charge >= 0.3 is 0 Å². The second kappa shape index (κ2) is 4.81. The minimum atomic E-state index is 0.148. The van der Waals surface area contributed by atoms with Crippen LogP contribution in [0, 0.1) is 5.92 Å². The van der Waals surface area contributed by atoms with Crippen molar-refractivity contribution in [3.05, 3.63) is 0 Å². The molecule has 0 spiro atoms. The summed E-state index contributed by atoms with van der Waals surface area (Å²) in [5, 5.41) is 0. The lowest BCUT2D eigenvalue weighted by atomic mass is 9.77. The largest absolute Gasteiger partial charge is 0.384 e. The third-order valence-corrected chi connectivity index (χ3v) is 3.89. The summed E-state index contributed by atoms with van der Waals surface area (Å²) >= 11 is 0. The van der Waals surface area contributed by atoms with Crippen molar-refractivity contribution in [1.29, 1.82) is 0 Å². The topological polar surface area (TPSA) is 38.5 Å². The van der Waals surface area contributed by atoms with Gasteiger partial charge in [0, 0.05) is 25.7 Å². The van der Waals surface area contributed by atoms with Gasteiger partial charge in [0.25, 0.3) is 0 Å². The van der Waals surface area contributed by atoms with E-state index in [2.05, 4.69) is 4.90 Å². The maximum absolute atomic E-state index is 6.28. The molecular weight excluding hydrogens is 188 g/mol. The minimum absolute atomic E-state index is 0.148. The molecule has 1 heterocycles. The third kappa shape index (κ3) is 2.92. The molecule has 2 rings (SSSR count). The standard InChI is InChI=1S/C12H24N2O/c1-15-9-11-4-2-7-14(8-11)10-12(13)5-3-6-12/h11H,2-10,13H2,1H3. The molecule has 0 bridgehead atoms.